The van der Waals surface area contributed by atoms with Crippen LogP contribution in [0.25, 0.3) is 11.3 Å². The zero-order chi connectivity index (χ0) is 13.1. The second kappa shape index (κ2) is 5.58. The monoisotopic (exact) mass is 296 g/mol. The Bertz CT molecular complexity index is 615. The maximum Gasteiger partial charge on any atom is 0.0718 e. The summed E-state index contributed by atoms with van der Waals surface area (Å²) in [6.45, 7) is 0. The average molecular weight is 298 g/mol. The number of benzene rings is 1. The van der Waals surface area contributed by atoms with Crippen LogP contribution in [-0.2, 0) is 6.42 Å². The SMILES string of the molecule is N#CCc1ccc(-c2cc(Cl)cc(Cl)c2Cl)nc1. The Morgan fingerprint density at radius 2 is 1.94 bits per heavy atom. The summed E-state index contributed by atoms with van der Waals surface area (Å²) in [4.78, 5) is 4.26. The maximum absolute atomic E-state index is 8.59. The van der Waals surface area contributed by atoms with Crippen LogP contribution in [-0.4, -0.2) is 4.98 Å². The van der Waals surface area contributed by atoms with E-state index in [0.29, 0.717) is 32.7 Å². The van der Waals surface area contributed by atoms with Crippen molar-refractivity contribution in [1.29, 1.82) is 5.26 Å². The number of rotatable bonds is 2. The minimum absolute atomic E-state index is 0.331. The molecule has 0 atom stereocenters. The summed E-state index contributed by atoms with van der Waals surface area (Å²) in [5, 5.41) is 9.90. The molecule has 0 N–H and O–H groups in total. The molecule has 1 aromatic heterocycles. The van der Waals surface area contributed by atoms with Gasteiger partial charge >= 0.3 is 0 Å². The highest BCUT2D eigenvalue weighted by molar-refractivity contribution is 6.45. The second-order valence-corrected chi connectivity index (χ2v) is 4.86. The molecule has 18 heavy (non-hydrogen) atoms. The van der Waals surface area contributed by atoms with Gasteiger partial charge in [-0.05, 0) is 23.8 Å². The van der Waals surface area contributed by atoms with E-state index in [2.05, 4.69) is 11.1 Å². The van der Waals surface area contributed by atoms with E-state index >= 15 is 0 Å². The van der Waals surface area contributed by atoms with Gasteiger partial charge in [-0.1, -0.05) is 40.9 Å². The zero-order valence-electron chi connectivity index (χ0n) is 9.12. The Kier molecular flexibility index (Phi) is 4.08. The summed E-state index contributed by atoms with van der Waals surface area (Å²) < 4.78 is 0. The van der Waals surface area contributed by atoms with Crippen LogP contribution >= 0.6 is 34.8 Å². The predicted molar refractivity (Wildman–Crippen MR) is 74.0 cm³/mol. The molecule has 5 heteroatoms. The van der Waals surface area contributed by atoms with Crippen LogP contribution in [0, 0.1) is 11.3 Å². The predicted octanol–water partition coefficient (Wildman–Crippen LogP) is 4.77. The number of nitrogens with zero attached hydrogens (tertiary/aromatic N) is 2. The van der Waals surface area contributed by atoms with Crippen LogP contribution in [0.3, 0.4) is 0 Å². The third kappa shape index (κ3) is 2.76. The lowest BCUT2D eigenvalue weighted by atomic mass is 10.1. The highest BCUT2D eigenvalue weighted by Gasteiger charge is 2.10. The van der Waals surface area contributed by atoms with Crippen molar-refractivity contribution in [2.24, 2.45) is 0 Å². The molecule has 2 rings (SSSR count). The van der Waals surface area contributed by atoms with E-state index in [1.165, 1.54) is 0 Å². The van der Waals surface area contributed by atoms with E-state index in [9.17, 15) is 0 Å². The summed E-state index contributed by atoms with van der Waals surface area (Å²) >= 11 is 18.0. The van der Waals surface area contributed by atoms with Gasteiger partial charge in [0.2, 0.25) is 0 Å². The van der Waals surface area contributed by atoms with Crippen LogP contribution in [0.2, 0.25) is 15.1 Å². The Hall–Kier alpha value is -1.27. The third-order valence-corrected chi connectivity index (χ3v) is 3.40. The summed E-state index contributed by atoms with van der Waals surface area (Å²) in [6, 6.07) is 8.98. The molecule has 0 amide bonds. The Labute approximate surface area is 120 Å². The normalized spacial score (nSPS) is 10.1. The molecule has 0 fully saturated rings. The van der Waals surface area contributed by atoms with Crippen LogP contribution in [0.1, 0.15) is 5.56 Å². The topological polar surface area (TPSA) is 36.7 Å². The van der Waals surface area contributed by atoms with E-state index in [4.69, 9.17) is 40.1 Å². The fraction of sp³-hybridized carbons (Fsp3) is 0.0769. The summed E-state index contributed by atoms with van der Waals surface area (Å²) in [7, 11) is 0. The van der Waals surface area contributed by atoms with E-state index < -0.39 is 0 Å². The summed E-state index contributed by atoms with van der Waals surface area (Å²) in [6.07, 6.45) is 1.97. The molecule has 0 radical (unpaired) electrons. The van der Waals surface area contributed by atoms with Crippen molar-refractivity contribution in [3.8, 4) is 17.3 Å². The molecule has 2 aromatic rings. The fourth-order valence-electron chi connectivity index (χ4n) is 1.52. The highest BCUT2D eigenvalue weighted by atomic mass is 35.5. The lowest BCUT2D eigenvalue weighted by Gasteiger charge is -2.06. The van der Waals surface area contributed by atoms with Crippen molar-refractivity contribution in [2.45, 2.75) is 6.42 Å². The van der Waals surface area contributed by atoms with Gasteiger partial charge in [-0.25, -0.2) is 0 Å². The second-order valence-electron chi connectivity index (χ2n) is 3.64. The van der Waals surface area contributed by atoms with Crippen molar-refractivity contribution in [2.75, 3.05) is 0 Å². The lowest BCUT2D eigenvalue weighted by molar-refractivity contribution is 1.19. The number of pyridine rings is 1. The lowest BCUT2D eigenvalue weighted by Crippen LogP contribution is -1.88. The van der Waals surface area contributed by atoms with Gasteiger partial charge in [-0.2, -0.15) is 5.26 Å². The van der Waals surface area contributed by atoms with Gasteiger partial charge in [-0.15, -0.1) is 0 Å². The molecule has 0 bridgehead atoms. The molecule has 0 saturated carbocycles. The average Bonchev–Trinajstić information content (AvgIpc) is 2.35. The number of hydrogen-bond acceptors (Lipinski definition) is 2. The van der Waals surface area contributed by atoms with Crippen LogP contribution in [0.5, 0.6) is 0 Å². The van der Waals surface area contributed by atoms with Gasteiger partial charge in [0.25, 0.3) is 0 Å². The quantitative estimate of drug-likeness (QED) is 0.748. The number of nitriles is 1. The zero-order valence-corrected chi connectivity index (χ0v) is 11.4. The first-order valence-corrected chi connectivity index (χ1v) is 6.22. The molecular formula is C13H7Cl3N2. The van der Waals surface area contributed by atoms with Crippen LogP contribution in [0.4, 0.5) is 0 Å². The van der Waals surface area contributed by atoms with Gasteiger partial charge < -0.3 is 0 Å². The maximum atomic E-state index is 8.59. The molecule has 0 aliphatic carbocycles. The van der Waals surface area contributed by atoms with Crippen LogP contribution in [0.15, 0.2) is 30.5 Å². The number of hydrogen-bond donors (Lipinski definition) is 0. The minimum atomic E-state index is 0.331. The van der Waals surface area contributed by atoms with Gasteiger partial charge in [0.05, 0.1) is 28.2 Å². The molecule has 0 spiro atoms. The molecule has 90 valence electrons. The molecular weight excluding hydrogens is 291 g/mol. The molecule has 2 nitrogen and oxygen atoms in total. The molecule has 0 unspecified atom stereocenters. The minimum Gasteiger partial charge on any atom is -0.256 e. The largest absolute Gasteiger partial charge is 0.256 e. The van der Waals surface area contributed by atoms with Crippen molar-refractivity contribution in [3.63, 3.8) is 0 Å². The third-order valence-electron chi connectivity index (χ3n) is 2.38. The first kappa shape index (κ1) is 13.2. The van der Waals surface area contributed by atoms with E-state index in [0.717, 1.165) is 5.56 Å². The number of aromatic nitrogens is 1. The highest BCUT2D eigenvalue weighted by Crippen LogP contribution is 2.35. The van der Waals surface area contributed by atoms with Crippen molar-refractivity contribution in [3.05, 3.63) is 51.1 Å². The smallest absolute Gasteiger partial charge is 0.0718 e. The molecule has 0 saturated heterocycles. The van der Waals surface area contributed by atoms with Crippen molar-refractivity contribution < 1.29 is 0 Å². The van der Waals surface area contributed by atoms with Crippen molar-refractivity contribution in [1.82, 2.24) is 4.98 Å². The standard InChI is InChI=1S/C13H7Cl3N2/c14-9-5-10(13(16)11(15)6-9)12-2-1-8(3-4-17)7-18-12/h1-2,5-7H,3H2. The van der Waals surface area contributed by atoms with Gasteiger partial charge in [0.15, 0.2) is 0 Å². The van der Waals surface area contributed by atoms with Gasteiger partial charge in [0, 0.05) is 16.8 Å². The van der Waals surface area contributed by atoms with E-state index in [1.807, 2.05) is 6.07 Å². The molecule has 0 aliphatic rings. The summed E-state index contributed by atoms with van der Waals surface area (Å²) in [5.41, 5.74) is 2.20. The van der Waals surface area contributed by atoms with Gasteiger partial charge in [0.1, 0.15) is 0 Å². The van der Waals surface area contributed by atoms with Crippen molar-refractivity contribution >= 4 is 34.8 Å². The van der Waals surface area contributed by atoms with E-state index in [-0.39, 0.29) is 0 Å². The van der Waals surface area contributed by atoms with Crippen LogP contribution < -0.4 is 0 Å². The fourth-order valence-corrected chi connectivity index (χ4v) is 2.22. The molecule has 1 aromatic carbocycles. The summed E-state index contributed by atoms with van der Waals surface area (Å²) in [5.74, 6) is 0. The Morgan fingerprint density at radius 3 is 2.56 bits per heavy atom. The Morgan fingerprint density at radius 1 is 1.17 bits per heavy atom. The number of halogens is 3. The molecule has 0 aliphatic heterocycles. The first-order chi connectivity index (χ1) is 8.61. The van der Waals surface area contributed by atoms with Gasteiger partial charge in [-0.3, -0.25) is 4.98 Å². The molecule has 1 heterocycles. The van der Waals surface area contributed by atoms with E-state index in [1.54, 1.807) is 24.4 Å². The first-order valence-electron chi connectivity index (χ1n) is 5.08. The Balaban J connectivity index is 2.46.